The number of likely N-dealkylation sites (N-methyl/N-ethyl adjacent to an activating group) is 1. The smallest absolute Gasteiger partial charge is 0.130 e. The molecule has 0 heterocycles. The highest BCUT2D eigenvalue weighted by molar-refractivity contribution is 9.10. The third-order valence-electron chi connectivity index (χ3n) is 3.48. The summed E-state index contributed by atoms with van der Waals surface area (Å²) in [6.07, 6.45) is 0.402. The number of rotatable bonds is 5. The van der Waals surface area contributed by atoms with Gasteiger partial charge in [-0.05, 0) is 49.2 Å². The van der Waals surface area contributed by atoms with Gasteiger partial charge in [0.1, 0.15) is 11.6 Å². The molecule has 1 atom stereocenters. The molecule has 0 fully saturated rings. The van der Waals surface area contributed by atoms with Crippen molar-refractivity contribution in [3.05, 3.63) is 69.2 Å². The van der Waals surface area contributed by atoms with Gasteiger partial charge in [-0.2, -0.15) is 0 Å². The molecule has 0 saturated carbocycles. The summed E-state index contributed by atoms with van der Waals surface area (Å²) < 4.78 is 29.1. The Morgan fingerprint density at radius 2 is 1.95 bits per heavy atom. The van der Waals surface area contributed by atoms with Crippen LogP contribution in [0.2, 0.25) is 0 Å². The summed E-state index contributed by atoms with van der Waals surface area (Å²) in [6, 6.07) is 9.90. The quantitative estimate of drug-likeness (QED) is 0.803. The maximum atomic E-state index is 14.3. The van der Waals surface area contributed by atoms with Crippen LogP contribution in [-0.4, -0.2) is 6.54 Å². The van der Waals surface area contributed by atoms with Crippen LogP contribution in [-0.2, 0) is 6.42 Å². The van der Waals surface area contributed by atoms with Gasteiger partial charge >= 0.3 is 0 Å². The van der Waals surface area contributed by atoms with Gasteiger partial charge in [0.2, 0.25) is 0 Å². The topological polar surface area (TPSA) is 12.0 Å². The number of nitrogens with one attached hydrogen (secondary N) is 1. The number of hydrogen-bond acceptors (Lipinski definition) is 1. The van der Waals surface area contributed by atoms with Crippen LogP contribution >= 0.6 is 15.9 Å². The van der Waals surface area contributed by atoms with Gasteiger partial charge in [-0.3, -0.25) is 0 Å². The normalized spacial score (nSPS) is 12.4. The number of hydrogen-bond donors (Lipinski definition) is 1. The first kappa shape index (κ1) is 16.1. The van der Waals surface area contributed by atoms with E-state index in [2.05, 4.69) is 21.2 Å². The fourth-order valence-corrected chi connectivity index (χ4v) is 2.81. The monoisotopic (exact) mass is 353 g/mol. The lowest BCUT2D eigenvalue weighted by atomic mass is 9.96. The van der Waals surface area contributed by atoms with E-state index in [0.29, 0.717) is 29.7 Å². The molecule has 2 rings (SSSR count). The molecule has 0 spiro atoms. The summed E-state index contributed by atoms with van der Waals surface area (Å²) in [5.41, 5.74) is 1.75. The van der Waals surface area contributed by atoms with Gasteiger partial charge in [0.25, 0.3) is 0 Å². The van der Waals surface area contributed by atoms with Gasteiger partial charge < -0.3 is 5.32 Å². The van der Waals surface area contributed by atoms with Crippen molar-refractivity contribution in [3.8, 4) is 0 Å². The van der Waals surface area contributed by atoms with E-state index in [9.17, 15) is 8.78 Å². The minimum absolute atomic E-state index is 0.223. The van der Waals surface area contributed by atoms with Crippen LogP contribution < -0.4 is 5.32 Å². The summed E-state index contributed by atoms with van der Waals surface area (Å²) >= 11 is 3.35. The largest absolute Gasteiger partial charge is 0.310 e. The lowest BCUT2D eigenvalue weighted by molar-refractivity contribution is 0.496. The standard InChI is InChI=1S/C17H18BrF2N/c1-3-21-16(14-6-4-5-11(2)17(14)20)10-12-9-13(18)7-8-15(12)19/h4-9,16,21H,3,10H2,1-2H3. The molecule has 0 aliphatic rings. The van der Waals surface area contributed by atoms with E-state index in [0.717, 1.165) is 4.47 Å². The molecule has 0 saturated heterocycles. The predicted octanol–water partition coefficient (Wildman–Crippen LogP) is 4.93. The fraction of sp³-hybridized carbons (Fsp3) is 0.294. The zero-order valence-corrected chi connectivity index (χ0v) is 13.7. The molecule has 1 N–H and O–H groups in total. The zero-order valence-electron chi connectivity index (χ0n) is 12.1. The van der Waals surface area contributed by atoms with E-state index in [-0.39, 0.29) is 17.7 Å². The summed E-state index contributed by atoms with van der Waals surface area (Å²) in [5, 5.41) is 3.24. The molecule has 2 aromatic carbocycles. The third-order valence-corrected chi connectivity index (χ3v) is 3.97. The summed E-state index contributed by atoms with van der Waals surface area (Å²) in [7, 11) is 0. The van der Waals surface area contributed by atoms with E-state index in [4.69, 9.17) is 0 Å². The molecule has 4 heteroatoms. The Balaban J connectivity index is 2.35. The molecule has 1 unspecified atom stereocenters. The van der Waals surface area contributed by atoms with Crippen molar-refractivity contribution in [1.29, 1.82) is 0 Å². The molecule has 0 aromatic heterocycles. The summed E-state index contributed by atoms with van der Waals surface area (Å²) in [6.45, 7) is 4.38. The first-order chi connectivity index (χ1) is 10.0. The van der Waals surface area contributed by atoms with Crippen LogP contribution in [0.15, 0.2) is 40.9 Å². The van der Waals surface area contributed by atoms with Crippen LogP contribution in [0.25, 0.3) is 0 Å². The van der Waals surface area contributed by atoms with E-state index in [1.54, 1.807) is 31.2 Å². The minimum Gasteiger partial charge on any atom is -0.310 e. The Kier molecular flexibility index (Phi) is 5.48. The van der Waals surface area contributed by atoms with Gasteiger partial charge in [0.15, 0.2) is 0 Å². The molecule has 21 heavy (non-hydrogen) atoms. The van der Waals surface area contributed by atoms with Crippen molar-refractivity contribution in [2.75, 3.05) is 6.54 Å². The van der Waals surface area contributed by atoms with Gasteiger partial charge in [-0.25, -0.2) is 8.78 Å². The zero-order chi connectivity index (χ0) is 15.4. The molecule has 0 bridgehead atoms. The molecular weight excluding hydrogens is 336 g/mol. The Morgan fingerprint density at radius 1 is 1.19 bits per heavy atom. The van der Waals surface area contributed by atoms with Gasteiger partial charge in [-0.1, -0.05) is 41.1 Å². The van der Waals surface area contributed by atoms with Crippen molar-refractivity contribution in [3.63, 3.8) is 0 Å². The van der Waals surface area contributed by atoms with Crippen molar-refractivity contribution < 1.29 is 8.78 Å². The van der Waals surface area contributed by atoms with Gasteiger partial charge in [0, 0.05) is 16.1 Å². The first-order valence-electron chi connectivity index (χ1n) is 6.95. The SMILES string of the molecule is CCNC(Cc1cc(Br)ccc1F)c1cccc(C)c1F. The van der Waals surface area contributed by atoms with Crippen LogP contribution in [0.1, 0.15) is 29.7 Å². The second kappa shape index (κ2) is 7.14. The molecule has 0 radical (unpaired) electrons. The number of halogens is 3. The minimum atomic E-state index is -0.269. The van der Waals surface area contributed by atoms with Crippen molar-refractivity contribution >= 4 is 15.9 Å². The predicted molar refractivity (Wildman–Crippen MR) is 85.4 cm³/mol. The van der Waals surface area contributed by atoms with E-state index < -0.39 is 0 Å². The van der Waals surface area contributed by atoms with Crippen LogP contribution in [0, 0.1) is 18.6 Å². The van der Waals surface area contributed by atoms with Crippen molar-refractivity contribution in [1.82, 2.24) is 5.32 Å². The molecule has 0 amide bonds. The Labute approximate surface area is 132 Å². The second-order valence-electron chi connectivity index (χ2n) is 5.03. The van der Waals surface area contributed by atoms with E-state index >= 15 is 0 Å². The molecule has 0 aliphatic heterocycles. The third kappa shape index (κ3) is 3.89. The maximum Gasteiger partial charge on any atom is 0.130 e. The average Bonchev–Trinajstić information content (AvgIpc) is 2.45. The van der Waals surface area contributed by atoms with Gasteiger partial charge in [-0.15, -0.1) is 0 Å². The second-order valence-corrected chi connectivity index (χ2v) is 5.94. The van der Waals surface area contributed by atoms with Crippen molar-refractivity contribution in [2.24, 2.45) is 0 Å². The highest BCUT2D eigenvalue weighted by Gasteiger charge is 2.18. The lowest BCUT2D eigenvalue weighted by Crippen LogP contribution is -2.24. The van der Waals surface area contributed by atoms with Gasteiger partial charge in [0.05, 0.1) is 0 Å². The van der Waals surface area contributed by atoms with E-state index in [1.165, 1.54) is 6.07 Å². The van der Waals surface area contributed by atoms with Crippen LogP contribution in [0.4, 0.5) is 8.78 Å². The fourth-order valence-electron chi connectivity index (χ4n) is 2.40. The van der Waals surface area contributed by atoms with Crippen LogP contribution in [0.5, 0.6) is 0 Å². The van der Waals surface area contributed by atoms with Crippen LogP contribution in [0.3, 0.4) is 0 Å². The first-order valence-corrected chi connectivity index (χ1v) is 7.74. The summed E-state index contributed by atoms with van der Waals surface area (Å²) in [5.74, 6) is -0.493. The number of aryl methyl sites for hydroxylation is 1. The Bertz CT molecular complexity index is 628. The molecule has 112 valence electrons. The maximum absolute atomic E-state index is 14.3. The number of benzene rings is 2. The molecule has 0 aliphatic carbocycles. The highest BCUT2D eigenvalue weighted by Crippen LogP contribution is 2.25. The van der Waals surface area contributed by atoms with Crippen molar-refractivity contribution in [2.45, 2.75) is 26.3 Å². The average molecular weight is 354 g/mol. The Hall–Kier alpha value is -1.26. The molecular formula is C17H18BrF2N. The Morgan fingerprint density at radius 3 is 2.67 bits per heavy atom. The highest BCUT2D eigenvalue weighted by atomic mass is 79.9. The lowest BCUT2D eigenvalue weighted by Gasteiger charge is -2.20. The van der Waals surface area contributed by atoms with E-state index in [1.807, 2.05) is 13.0 Å². The molecule has 2 aromatic rings. The molecule has 1 nitrogen and oxygen atoms in total. The summed E-state index contributed by atoms with van der Waals surface area (Å²) in [4.78, 5) is 0.